The summed E-state index contributed by atoms with van der Waals surface area (Å²) < 4.78 is 7.21. The number of hydrogen-bond acceptors (Lipinski definition) is 8. The molecular formula is C19H24N8O2. The Morgan fingerprint density at radius 2 is 2.17 bits per heavy atom. The topological polar surface area (TPSA) is 124 Å². The number of nitrogens with zero attached hydrogens (tertiary/aromatic N) is 6. The second-order valence-corrected chi connectivity index (χ2v) is 7.46. The molecule has 0 aliphatic carbocycles. The lowest BCUT2D eigenvalue weighted by Gasteiger charge is -2.22. The Kier molecular flexibility index (Phi) is 5.61. The number of rotatable bonds is 6. The Balaban J connectivity index is 1.48. The van der Waals surface area contributed by atoms with E-state index in [0.717, 1.165) is 31.5 Å². The predicted molar refractivity (Wildman–Crippen MR) is 104 cm³/mol. The molecule has 0 spiro atoms. The molecule has 1 fully saturated rings. The summed E-state index contributed by atoms with van der Waals surface area (Å²) in [6, 6.07) is 3.48. The van der Waals surface area contributed by atoms with Gasteiger partial charge in [-0.2, -0.15) is 4.98 Å². The van der Waals surface area contributed by atoms with E-state index in [1.165, 1.54) is 0 Å². The third-order valence-electron chi connectivity index (χ3n) is 5.01. The van der Waals surface area contributed by atoms with Crippen molar-refractivity contribution in [1.82, 2.24) is 40.8 Å². The fourth-order valence-corrected chi connectivity index (χ4v) is 3.33. The van der Waals surface area contributed by atoms with Crippen LogP contribution in [-0.2, 0) is 0 Å². The SMILES string of the molecule is CC(C)C(NC(=O)c1cn(C2CCNCC2)nn1)c1nc(-c2cccnc2)no1. The quantitative estimate of drug-likeness (QED) is 0.646. The molecule has 4 heterocycles. The van der Waals surface area contributed by atoms with Gasteiger partial charge in [-0.1, -0.05) is 24.2 Å². The highest BCUT2D eigenvalue weighted by atomic mass is 16.5. The van der Waals surface area contributed by atoms with Crippen molar-refractivity contribution in [2.75, 3.05) is 13.1 Å². The maximum Gasteiger partial charge on any atom is 0.274 e. The first kappa shape index (κ1) is 19.2. The summed E-state index contributed by atoms with van der Waals surface area (Å²) in [5, 5.41) is 18.5. The van der Waals surface area contributed by atoms with Gasteiger partial charge in [0.25, 0.3) is 5.91 Å². The molecule has 10 heteroatoms. The van der Waals surface area contributed by atoms with E-state index in [4.69, 9.17) is 4.52 Å². The van der Waals surface area contributed by atoms with E-state index in [2.05, 4.69) is 36.1 Å². The van der Waals surface area contributed by atoms with Crippen molar-refractivity contribution < 1.29 is 9.32 Å². The minimum atomic E-state index is -0.440. The highest BCUT2D eigenvalue weighted by molar-refractivity contribution is 5.92. The molecule has 4 rings (SSSR count). The fraction of sp³-hybridized carbons (Fsp3) is 0.474. The number of piperidine rings is 1. The van der Waals surface area contributed by atoms with E-state index in [0.29, 0.717) is 11.7 Å². The van der Waals surface area contributed by atoms with Crippen molar-refractivity contribution in [1.29, 1.82) is 0 Å². The molecule has 10 nitrogen and oxygen atoms in total. The molecule has 0 bridgehead atoms. The van der Waals surface area contributed by atoms with Crippen molar-refractivity contribution in [3.05, 3.63) is 42.3 Å². The van der Waals surface area contributed by atoms with Crippen LogP contribution in [0.1, 0.15) is 55.2 Å². The molecule has 0 aromatic carbocycles. The van der Waals surface area contributed by atoms with Gasteiger partial charge in [0.15, 0.2) is 5.69 Å². The van der Waals surface area contributed by atoms with Crippen molar-refractivity contribution in [3.63, 3.8) is 0 Å². The Hall–Kier alpha value is -3.14. The number of hydrogen-bond donors (Lipinski definition) is 2. The maximum absolute atomic E-state index is 12.8. The Labute approximate surface area is 168 Å². The molecule has 2 N–H and O–H groups in total. The number of carbonyl (C=O) groups is 1. The second kappa shape index (κ2) is 8.48. The average Bonchev–Trinajstić information content (AvgIpc) is 3.43. The first-order valence-corrected chi connectivity index (χ1v) is 9.79. The summed E-state index contributed by atoms with van der Waals surface area (Å²) in [4.78, 5) is 21.3. The minimum Gasteiger partial charge on any atom is -0.339 e. The van der Waals surface area contributed by atoms with Crippen LogP contribution in [0.5, 0.6) is 0 Å². The van der Waals surface area contributed by atoms with Crippen molar-refractivity contribution in [2.24, 2.45) is 5.92 Å². The first-order valence-electron chi connectivity index (χ1n) is 9.79. The highest BCUT2D eigenvalue weighted by Crippen LogP contribution is 2.24. The molecule has 1 atom stereocenters. The van der Waals surface area contributed by atoms with Crippen molar-refractivity contribution in [2.45, 2.75) is 38.8 Å². The van der Waals surface area contributed by atoms with E-state index in [-0.39, 0.29) is 23.6 Å². The van der Waals surface area contributed by atoms with Crippen LogP contribution in [0.25, 0.3) is 11.4 Å². The van der Waals surface area contributed by atoms with Crippen LogP contribution >= 0.6 is 0 Å². The van der Waals surface area contributed by atoms with Crippen LogP contribution in [-0.4, -0.2) is 49.1 Å². The number of amides is 1. The van der Waals surface area contributed by atoms with Gasteiger partial charge in [-0.25, -0.2) is 4.68 Å². The van der Waals surface area contributed by atoms with E-state index >= 15 is 0 Å². The summed E-state index contributed by atoms with van der Waals surface area (Å²) >= 11 is 0. The molecule has 152 valence electrons. The van der Waals surface area contributed by atoms with Crippen molar-refractivity contribution >= 4 is 5.91 Å². The number of nitrogens with one attached hydrogen (secondary N) is 2. The lowest BCUT2D eigenvalue weighted by molar-refractivity contribution is 0.0908. The van der Waals surface area contributed by atoms with Crippen LogP contribution < -0.4 is 10.6 Å². The zero-order chi connectivity index (χ0) is 20.2. The smallest absolute Gasteiger partial charge is 0.274 e. The monoisotopic (exact) mass is 396 g/mol. The van der Waals surface area contributed by atoms with E-state index in [9.17, 15) is 4.79 Å². The van der Waals surface area contributed by atoms with Gasteiger partial charge < -0.3 is 15.2 Å². The molecule has 1 amide bonds. The first-order chi connectivity index (χ1) is 14.1. The zero-order valence-corrected chi connectivity index (χ0v) is 16.4. The van der Waals surface area contributed by atoms with Gasteiger partial charge >= 0.3 is 0 Å². The Bertz CT molecular complexity index is 946. The lowest BCUT2D eigenvalue weighted by atomic mass is 10.0. The summed E-state index contributed by atoms with van der Waals surface area (Å²) in [5.41, 5.74) is 1.03. The molecule has 1 aliphatic rings. The van der Waals surface area contributed by atoms with Crippen molar-refractivity contribution in [3.8, 4) is 11.4 Å². The molecular weight excluding hydrogens is 372 g/mol. The number of aromatic nitrogens is 6. The third kappa shape index (κ3) is 4.32. The summed E-state index contributed by atoms with van der Waals surface area (Å²) in [6.45, 7) is 5.84. The van der Waals surface area contributed by atoms with Gasteiger partial charge in [0.05, 0.1) is 12.2 Å². The molecule has 29 heavy (non-hydrogen) atoms. The summed E-state index contributed by atoms with van der Waals surface area (Å²) in [6.07, 6.45) is 6.99. The Morgan fingerprint density at radius 3 is 2.90 bits per heavy atom. The molecule has 1 saturated heterocycles. The van der Waals surface area contributed by atoms with Gasteiger partial charge in [0.2, 0.25) is 11.7 Å². The molecule has 1 unspecified atom stereocenters. The largest absolute Gasteiger partial charge is 0.339 e. The second-order valence-electron chi connectivity index (χ2n) is 7.46. The molecule has 0 saturated carbocycles. The third-order valence-corrected chi connectivity index (χ3v) is 5.01. The van der Waals surface area contributed by atoms with Gasteiger partial charge in [0.1, 0.15) is 6.04 Å². The maximum atomic E-state index is 12.8. The van der Waals surface area contributed by atoms with Crippen LogP contribution in [0.15, 0.2) is 35.2 Å². The molecule has 0 radical (unpaired) electrons. The fourth-order valence-electron chi connectivity index (χ4n) is 3.33. The summed E-state index contributed by atoms with van der Waals surface area (Å²) in [5.74, 6) is 0.508. The van der Waals surface area contributed by atoms with E-state index in [1.54, 1.807) is 29.3 Å². The lowest BCUT2D eigenvalue weighted by Crippen LogP contribution is -2.32. The van der Waals surface area contributed by atoms with Crippen LogP contribution in [0, 0.1) is 5.92 Å². The van der Waals surface area contributed by atoms with E-state index < -0.39 is 6.04 Å². The number of pyridine rings is 1. The molecule has 3 aromatic heterocycles. The van der Waals surface area contributed by atoms with Crippen LogP contribution in [0.4, 0.5) is 0 Å². The average molecular weight is 396 g/mol. The van der Waals surface area contributed by atoms with Crippen LogP contribution in [0.2, 0.25) is 0 Å². The van der Waals surface area contributed by atoms with Crippen LogP contribution in [0.3, 0.4) is 0 Å². The predicted octanol–water partition coefficient (Wildman–Crippen LogP) is 1.77. The molecule has 3 aromatic rings. The van der Waals surface area contributed by atoms with Gasteiger partial charge in [-0.3, -0.25) is 9.78 Å². The van der Waals surface area contributed by atoms with Gasteiger partial charge in [0, 0.05) is 18.0 Å². The number of carbonyl (C=O) groups excluding carboxylic acids is 1. The van der Waals surface area contributed by atoms with Gasteiger partial charge in [-0.15, -0.1) is 5.10 Å². The minimum absolute atomic E-state index is 0.0422. The highest BCUT2D eigenvalue weighted by Gasteiger charge is 2.27. The zero-order valence-electron chi connectivity index (χ0n) is 16.4. The van der Waals surface area contributed by atoms with Gasteiger partial charge in [-0.05, 0) is 44.0 Å². The summed E-state index contributed by atoms with van der Waals surface area (Å²) in [7, 11) is 0. The normalized spacial score (nSPS) is 16.1. The standard InChI is InChI=1S/C19H24N8O2/c1-12(2)16(19-23-17(25-29-19)13-4-3-7-21-10-13)22-18(28)15-11-27(26-24-15)14-5-8-20-9-6-14/h3-4,7,10-12,14,16,20H,5-6,8-9H2,1-2H3,(H,22,28). The Morgan fingerprint density at radius 1 is 1.34 bits per heavy atom. The molecule has 1 aliphatic heterocycles. The van der Waals surface area contributed by atoms with E-state index in [1.807, 2.05) is 19.9 Å².